The smallest absolute Gasteiger partial charge is 0.240 e. The summed E-state index contributed by atoms with van der Waals surface area (Å²) < 4.78 is 10.2. The van der Waals surface area contributed by atoms with Crippen LogP contribution in [0, 0.1) is 13.8 Å². The fraction of sp³-hybridized carbons (Fsp3) is 0.333. The van der Waals surface area contributed by atoms with Gasteiger partial charge in [0, 0.05) is 0 Å². The van der Waals surface area contributed by atoms with Gasteiger partial charge in [-0.3, -0.25) is 0 Å². The Labute approximate surface area is 104 Å². The van der Waals surface area contributed by atoms with E-state index in [2.05, 4.69) is 10.1 Å². The Kier molecular flexibility index (Phi) is 3.20. The first kappa shape index (κ1) is 12.4. The first-order valence-electron chi connectivity index (χ1n) is 5.48. The first-order valence-corrected chi connectivity index (χ1v) is 5.48. The molecule has 1 heterocycles. The zero-order chi connectivity index (χ0) is 13.3. The largest absolute Gasteiger partial charge is 0.504 e. The van der Waals surface area contributed by atoms with Crippen molar-refractivity contribution in [3.8, 4) is 22.9 Å². The molecule has 0 aliphatic rings. The number of nitrogens with zero attached hydrogens (tertiary/aromatic N) is 2. The van der Waals surface area contributed by atoms with E-state index in [0.29, 0.717) is 23.0 Å². The molecule has 0 atom stereocenters. The Morgan fingerprint density at radius 2 is 2.17 bits per heavy atom. The Balaban J connectivity index is 2.63. The van der Waals surface area contributed by atoms with Gasteiger partial charge in [0.05, 0.1) is 19.2 Å². The Hall–Kier alpha value is -2.08. The van der Waals surface area contributed by atoms with Crippen LogP contribution >= 0.6 is 0 Å². The number of rotatable bonds is 3. The molecule has 1 aromatic carbocycles. The number of hydrogen-bond acceptors (Lipinski definition) is 6. The van der Waals surface area contributed by atoms with Crippen LogP contribution in [0.5, 0.6) is 11.5 Å². The van der Waals surface area contributed by atoms with E-state index in [1.54, 1.807) is 0 Å². The Morgan fingerprint density at radius 3 is 2.72 bits per heavy atom. The molecule has 0 aliphatic carbocycles. The second kappa shape index (κ2) is 4.66. The van der Waals surface area contributed by atoms with Crippen molar-refractivity contribution in [3.63, 3.8) is 0 Å². The molecule has 18 heavy (non-hydrogen) atoms. The zero-order valence-corrected chi connectivity index (χ0v) is 10.5. The van der Waals surface area contributed by atoms with Crippen LogP contribution in [0.3, 0.4) is 0 Å². The third-order valence-corrected chi connectivity index (χ3v) is 2.85. The highest BCUT2D eigenvalue weighted by Crippen LogP contribution is 2.40. The highest BCUT2D eigenvalue weighted by Gasteiger charge is 2.19. The predicted molar refractivity (Wildman–Crippen MR) is 65.3 cm³/mol. The molecule has 6 nitrogen and oxygen atoms in total. The van der Waals surface area contributed by atoms with E-state index in [-0.39, 0.29) is 12.3 Å². The molecule has 0 saturated carbocycles. The number of aryl methyl sites for hydroxylation is 1. The lowest BCUT2D eigenvalue weighted by atomic mass is 10.0. The molecule has 1 aromatic heterocycles. The quantitative estimate of drug-likeness (QED) is 0.856. The lowest BCUT2D eigenvalue weighted by Gasteiger charge is -2.12. The Bertz CT molecular complexity index is 578. The van der Waals surface area contributed by atoms with Crippen LogP contribution in [0.4, 0.5) is 0 Å². The molecule has 0 amide bonds. The highest BCUT2D eigenvalue weighted by atomic mass is 16.5. The van der Waals surface area contributed by atoms with Gasteiger partial charge in [-0.15, -0.1) is 0 Å². The summed E-state index contributed by atoms with van der Waals surface area (Å²) in [4.78, 5) is 4.13. The average Bonchev–Trinajstić information content (AvgIpc) is 2.84. The molecule has 96 valence electrons. The fourth-order valence-electron chi connectivity index (χ4n) is 1.69. The van der Waals surface area contributed by atoms with E-state index in [1.807, 2.05) is 19.9 Å². The van der Waals surface area contributed by atoms with E-state index in [9.17, 15) is 5.11 Å². The van der Waals surface area contributed by atoms with Crippen molar-refractivity contribution in [1.29, 1.82) is 0 Å². The van der Waals surface area contributed by atoms with Crippen LogP contribution < -0.4 is 10.5 Å². The first-order chi connectivity index (χ1) is 8.58. The number of aromatic hydroxyl groups is 1. The van der Waals surface area contributed by atoms with E-state index >= 15 is 0 Å². The van der Waals surface area contributed by atoms with Gasteiger partial charge in [-0.05, 0) is 31.0 Å². The summed E-state index contributed by atoms with van der Waals surface area (Å²) in [5.74, 6) is 1.12. The van der Waals surface area contributed by atoms with Gasteiger partial charge in [-0.1, -0.05) is 5.16 Å². The van der Waals surface area contributed by atoms with E-state index in [1.165, 1.54) is 7.11 Å². The van der Waals surface area contributed by atoms with Gasteiger partial charge in [-0.2, -0.15) is 4.98 Å². The maximum absolute atomic E-state index is 10.0. The van der Waals surface area contributed by atoms with Gasteiger partial charge in [0.1, 0.15) is 0 Å². The van der Waals surface area contributed by atoms with Gasteiger partial charge in [0.15, 0.2) is 11.5 Å². The number of phenolic OH excluding ortho intramolecular Hbond substituents is 1. The second-order valence-electron chi connectivity index (χ2n) is 3.96. The summed E-state index contributed by atoms with van der Waals surface area (Å²) in [5.41, 5.74) is 7.68. The molecule has 0 bridgehead atoms. The summed E-state index contributed by atoms with van der Waals surface area (Å²) in [5, 5.41) is 13.9. The number of phenols is 1. The fourth-order valence-corrected chi connectivity index (χ4v) is 1.69. The van der Waals surface area contributed by atoms with Gasteiger partial charge in [0.2, 0.25) is 11.7 Å². The van der Waals surface area contributed by atoms with Crippen molar-refractivity contribution in [1.82, 2.24) is 10.1 Å². The summed E-state index contributed by atoms with van der Waals surface area (Å²) in [6.07, 6.45) is 0. The van der Waals surface area contributed by atoms with Gasteiger partial charge < -0.3 is 20.1 Å². The van der Waals surface area contributed by atoms with Crippen LogP contribution in [-0.2, 0) is 6.54 Å². The van der Waals surface area contributed by atoms with Gasteiger partial charge >= 0.3 is 0 Å². The number of ether oxygens (including phenoxy) is 1. The van der Waals surface area contributed by atoms with Crippen LogP contribution in [0.15, 0.2) is 10.6 Å². The molecule has 6 heteroatoms. The summed E-state index contributed by atoms with van der Waals surface area (Å²) in [6, 6.07) is 1.85. The van der Waals surface area contributed by atoms with Crippen molar-refractivity contribution in [2.24, 2.45) is 5.73 Å². The highest BCUT2D eigenvalue weighted by molar-refractivity contribution is 5.71. The molecule has 2 aromatic rings. The summed E-state index contributed by atoms with van der Waals surface area (Å²) in [6.45, 7) is 3.88. The lowest BCUT2D eigenvalue weighted by Crippen LogP contribution is -1.97. The third kappa shape index (κ3) is 1.91. The maximum Gasteiger partial charge on any atom is 0.240 e. The molecular weight excluding hydrogens is 234 g/mol. The van der Waals surface area contributed by atoms with Crippen LogP contribution in [0.1, 0.15) is 17.0 Å². The predicted octanol–water partition coefficient (Wildman–Crippen LogP) is 1.53. The number of hydrogen-bond donors (Lipinski definition) is 2. The molecule has 0 fully saturated rings. The third-order valence-electron chi connectivity index (χ3n) is 2.85. The topological polar surface area (TPSA) is 94.4 Å². The molecule has 3 N–H and O–H groups in total. The Morgan fingerprint density at radius 1 is 1.44 bits per heavy atom. The van der Waals surface area contributed by atoms with Crippen LogP contribution in [0.25, 0.3) is 11.4 Å². The normalized spacial score (nSPS) is 10.7. The number of nitrogens with two attached hydrogens (primary N) is 1. The van der Waals surface area contributed by atoms with Crippen LogP contribution in [0.2, 0.25) is 0 Å². The monoisotopic (exact) mass is 249 g/mol. The van der Waals surface area contributed by atoms with E-state index in [0.717, 1.165) is 11.1 Å². The van der Waals surface area contributed by atoms with Crippen molar-refractivity contribution in [2.75, 3.05) is 7.11 Å². The number of aromatic nitrogens is 2. The van der Waals surface area contributed by atoms with Crippen molar-refractivity contribution in [3.05, 3.63) is 23.1 Å². The molecule has 0 saturated heterocycles. The molecular formula is C12H15N3O3. The van der Waals surface area contributed by atoms with Gasteiger partial charge in [0.25, 0.3) is 0 Å². The minimum atomic E-state index is 0.0894. The summed E-state index contributed by atoms with van der Waals surface area (Å²) >= 11 is 0. The van der Waals surface area contributed by atoms with E-state index in [4.69, 9.17) is 15.0 Å². The lowest BCUT2D eigenvalue weighted by molar-refractivity contribution is 0.370. The summed E-state index contributed by atoms with van der Waals surface area (Å²) in [7, 11) is 1.48. The minimum absolute atomic E-state index is 0.0894. The second-order valence-corrected chi connectivity index (χ2v) is 3.96. The molecule has 2 rings (SSSR count). The number of benzene rings is 1. The van der Waals surface area contributed by atoms with Crippen LogP contribution in [-0.4, -0.2) is 22.4 Å². The van der Waals surface area contributed by atoms with Crippen molar-refractivity contribution >= 4 is 0 Å². The van der Waals surface area contributed by atoms with E-state index < -0.39 is 0 Å². The maximum atomic E-state index is 10.0. The van der Waals surface area contributed by atoms with Crippen molar-refractivity contribution < 1.29 is 14.4 Å². The molecule has 0 radical (unpaired) electrons. The van der Waals surface area contributed by atoms with Crippen molar-refractivity contribution in [2.45, 2.75) is 20.4 Å². The SMILES string of the molecule is COc1c(-c2noc(CN)n2)cc(C)c(C)c1O. The molecule has 0 aliphatic heterocycles. The number of methoxy groups -OCH3 is 1. The molecule has 0 unspecified atom stereocenters. The standard InChI is InChI=1S/C12H15N3O3/c1-6-4-8(11(17-3)10(16)7(6)2)12-14-9(5-13)18-15-12/h4,16H,5,13H2,1-3H3. The molecule has 0 spiro atoms. The van der Waals surface area contributed by atoms with Gasteiger partial charge in [-0.25, -0.2) is 0 Å². The average molecular weight is 249 g/mol. The zero-order valence-electron chi connectivity index (χ0n) is 10.5. The minimum Gasteiger partial charge on any atom is -0.504 e.